The molecule has 0 heterocycles. The van der Waals surface area contributed by atoms with Gasteiger partial charge in [-0.1, -0.05) is 17.7 Å². The molecule has 1 aromatic rings. The summed E-state index contributed by atoms with van der Waals surface area (Å²) in [4.78, 5) is 23.7. The van der Waals surface area contributed by atoms with Gasteiger partial charge in [0, 0.05) is 17.2 Å². The number of carbonyl (C=O) groups is 2. The Kier molecular flexibility index (Phi) is 2.60. The summed E-state index contributed by atoms with van der Waals surface area (Å²) in [5.74, 6) is -0.233. The van der Waals surface area contributed by atoms with Crippen molar-refractivity contribution in [2.24, 2.45) is 0 Å². The van der Waals surface area contributed by atoms with Crippen LogP contribution in [0.25, 0.3) is 0 Å². The van der Waals surface area contributed by atoms with Crippen molar-refractivity contribution in [3.05, 3.63) is 46.7 Å². The van der Waals surface area contributed by atoms with E-state index in [0.717, 1.165) is 5.56 Å². The lowest BCUT2D eigenvalue weighted by Crippen LogP contribution is -2.18. The molecule has 0 saturated carbocycles. The molecule has 3 nitrogen and oxygen atoms in total. The van der Waals surface area contributed by atoms with Gasteiger partial charge in [-0.25, -0.2) is 0 Å². The van der Waals surface area contributed by atoms with Gasteiger partial charge < -0.3 is 4.74 Å². The van der Waals surface area contributed by atoms with Gasteiger partial charge in [-0.15, -0.1) is 0 Å². The topological polar surface area (TPSA) is 43.4 Å². The molecule has 82 valence electrons. The molecule has 0 unspecified atom stereocenters. The number of carbonyl (C=O) groups excluding carboxylic acids is 2. The van der Waals surface area contributed by atoms with Gasteiger partial charge in [-0.3, -0.25) is 9.59 Å². The molecular weight excluding hydrogens is 204 g/mol. The standard InChI is InChI=1S/C13H12O3/c1-3-16-12-7-11(14)9-5-4-8(2)6-10(9)13(12)15/h4-7H,3H2,1-2H3. The number of hydrogen-bond donors (Lipinski definition) is 0. The highest BCUT2D eigenvalue weighted by molar-refractivity contribution is 6.23. The fourth-order valence-corrected chi connectivity index (χ4v) is 1.72. The van der Waals surface area contributed by atoms with Gasteiger partial charge in [-0.05, 0) is 19.9 Å². The van der Waals surface area contributed by atoms with Crippen molar-refractivity contribution in [2.45, 2.75) is 13.8 Å². The van der Waals surface area contributed by atoms with E-state index >= 15 is 0 Å². The summed E-state index contributed by atoms with van der Waals surface area (Å²) in [6.45, 7) is 4.05. The van der Waals surface area contributed by atoms with Crippen molar-refractivity contribution >= 4 is 11.6 Å². The monoisotopic (exact) mass is 216 g/mol. The van der Waals surface area contributed by atoms with Crippen molar-refractivity contribution in [3.8, 4) is 0 Å². The largest absolute Gasteiger partial charge is 0.490 e. The van der Waals surface area contributed by atoms with E-state index in [1.54, 1.807) is 19.1 Å². The third-order valence-electron chi connectivity index (χ3n) is 2.47. The zero-order valence-corrected chi connectivity index (χ0v) is 9.24. The highest BCUT2D eigenvalue weighted by Crippen LogP contribution is 2.22. The first kappa shape index (κ1) is 10.6. The molecule has 1 aromatic carbocycles. The Balaban J connectivity index is 2.52. The maximum atomic E-state index is 12.0. The summed E-state index contributed by atoms with van der Waals surface area (Å²) in [5.41, 5.74) is 1.85. The van der Waals surface area contributed by atoms with E-state index < -0.39 is 0 Å². The van der Waals surface area contributed by atoms with Gasteiger partial charge in [0.25, 0.3) is 0 Å². The maximum absolute atomic E-state index is 12.0. The second kappa shape index (κ2) is 3.93. The van der Waals surface area contributed by atoms with E-state index in [0.29, 0.717) is 17.7 Å². The van der Waals surface area contributed by atoms with Gasteiger partial charge in [0.1, 0.15) is 0 Å². The van der Waals surface area contributed by atoms with Crippen LogP contribution in [0.15, 0.2) is 30.0 Å². The Labute approximate surface area is 93.7 Å². The number of ether oxygens (including phenoxy) is 1. The molecule has 1 aliphatic rings. The number of aryl methyl sites for hydroxylation is 1. The van der Waals surface area contributed by atoms with Crippen LogP contribution < -0.4 is 0 Å². The summed E-state index contributed by atoms with van der Waals surface area (Å²) in [6.07, 6.45) is 1.27. The van der Waals surface area contributed by atoms with E-state index in [1.165, 1.54) is 6.08 Å². The summed E-state index contributed by atoms with van der Waals surface area (Å²) in [5, 5.41) is 0. The minimum absolute atomic E-state index is 0.144. The Hall–Kier alpha value is -1.90. The molecule has 0 spiro atoms. The molecule has 0 amide bonds. The quantitative estimate of drug-likeness (QED) is 0.761. The average Bonchev–Trinajstić information content (AvgIpc) is 2.25. The van der Waals surface area contributed by atoms with E-state index in [9.17, 15) is 9.59 Å². The van der Waals surface area contributed by atoms with Crippen molar-refractivity contribution < 1.29 is 14.3 Å². The second-order valence-corrected chi connectivity index (χ2v) is 3.68. The summed E-state index contributed by atoms with van der Waals surface area (Å²) in [7, 11) is 0. The first-order valence-corrected chi connectivity index (χ1v) is 5.17. The highest BCUT2D eigenvalue weighted by atomic mass is 16.5. The molecule has 0 fully saturated rings. The third kappa shape index (κ3) is 1.65. The predicted octanol–water partition coefficient (Wildman–Crippen LogP) is 2.29. The van der Waals surface area contributed by atoms with Crippen LogP contribution in [-0.2, 0) is 4.74 Å². The summed E-state index contributed by atoms with van der Waals surface area (Å²) >= 11 is 0. The number of fused-ring (bicyclic) bond motifs is 1. The van der Waals surface area contributed by atoms with Crippen LogP contribution in [0.5, 0.6) is 0 Å². The zero-order valence-electron chi connectivity index (χ0n) is 9.24. The molecule has 0 aliphatic heterocycles. The smallest absolute Gasteiger partial charge is 0.228 e. The van der Waals surface area contributed by atoms with E-state index in [2.05, 4.69) is 0 Å². The van der Waals surface area contributed by atoms with E-state index in [1.807, 2.05) is 13.0 Å². The maximum Gasteiger partial charge on any atom is 0.228 e. The fraction of sp³-hybridized carbons (Fsp3) is 0.231. The SMILES string of the molecule is CCOC1=CC(=O)c2ccc(C)cc2C1=O. The van der Waals surface area contributed by atoms with Crippen molar-refractivity contribution in [3.63, 3.8) is 0 Å². The number of Topliss-reactive ketones (excluding diaryl/α,β-unsaturated/α-hetero) is 1. The Morgan fingerprint density at radius 3 is 2.62 bits per heavy atom. The number of allylic oxidation sites excluding steroid dienone is 2. The van der Waals surface area contributed by atoms with E-state index in [4.69, 9.17) is 4.74 Å². The van der Waals surface area contributed by atoms with Crippen molar-refractivity contribution in [2.75, 3.05) is 6.61 Å². The van der Waals surface area contributed by atoms with Crippen LogP contribution in [0.2, 0.25) is 0 Å². The van der Waals surface area contributed by atoms with E-state index in [-0.39, 0.29) is 17.3 Å². The fourth-order valence-electron chi connectivity index (χ4n) is 1.72. The number of rotatable bonds is 2. The van der Waals surface area contributed by atoms with Gasteiger partial charge in [0.05, 0.1) is 6.61 Å². The number of benzene rings is 1. The number of hydrogen-bond acceptors (Lipinski definition) is 3. The first-order chi connectivity index (χ1) is 7.63. The van der Waals surface area contributed by atoms with Gasteiger partial charge in [0.2, 0.25) is 5.78 Å². The van der Waals surface area contributed by atoms with Crippen molar-refractivity contribution in [1.29, 1.82) is 0 Å². The summed E-state index contributed by atoms with van der Waals surface area (Å²) < 4.78 is 5.15. The van der Waals surface area contributed by atoms with Crippen LogP contribution in [0.3, 0.4) is 0 Å². The molecule has 1 aliphatic carbocycles. The molecule has 0 aromatic heterocycles. The van der Waals surface area contributed by atoms with Crippen LogP contribution in [-0.4, -0.2) is 18.2 Å². The Morgan fingerprint density at radius 1 is 1.19 bits per heavy atom. The molecule has 2 rings (SSSR count). The average molecular weight is 216 g/mol. The normalized spacial score (nSPS) is 14.5. The molecule has 0 N–H and O–H groups in total. The van der Waals surface area contributed by atoms with Crippen LogP contribution in [0.4, 0.5) is 0 Å². The lowest BCUT2D eigenvalue weighted by molar-refractivity contribution is 0.0892. The minimum atomic E-state index is -0.208. The Morgan fingerprint density at radius 2 is 1.94 bits per heavy atom. The van der Waals surface area contributed by atoms with Crippen molar-refractivity contribution in [1.82, 2.24) is 0 Å². The molecular formula is C13H12O3. The third-order valence-corrected chi connectivity index (χ3v) is 2.47. The molecule has 16 heavy (non-hydrogen) atoms. The van der Waals surface area contributed by atoms with Gasteiger partial charge in [0.15, 0.2) is 11.5 Å². The van der Waals surface area contributed by atoms with Crippen LogP contribution in [0, 0.1) is 6.92 Å². The number of ketones is 2. The summed E-state index contributed by atoms with van der Waals surface area (Å²) in [6, 6.07) is 5.23. The molecule has 0 saturated heterocycles. The highest BCUT2D eigenvalue weighted by Gasteiger charge is 2.26. The van der Waals surface area contributed by atoms with Crippen LogP contribution >= 0.6 is 0 Å². The second-order valence-electron chi connectivity index (χ2n) is 3.68. The first-order valence-electron chi connectivity index (χ1n) is 5.17. The molecule has 0 atom stereocenters. The Bertz CT molecular complexity index is 498. The molecule has 3 heteroatoms. The molecule has 0 bridgehead atoms. The predicted molar refractivity (Wildman–Crippen MR) is 59.5 cm³/mol. The van der Waals surface area contributed by atoms with Gasteiger partial charge >= 0.3 is 0 Å². The van der Waals surface area contributed by atoms with Crippen LogP contribution in [0.1, 0.15) is 33.2 Å². The lowest BCUT2D eigenvalue weighted by atomic mass is 9.92. The lowest BCUT2D eigenvalue weighted by Gasteiger charge is -2.15. The zero-order chi connectivity index (χ0) is 11.7. The van der Waals surface area contributed by atoms with Gasteiger partial charge in [-0.2, -0.15) is 0 Å². The minimum Gasteiger partial charge on any atom is -0.490 e. The molecule has 0 radical (unpaired) electrons.